The molecule has 21 heavy (non-hydrogen) atoms. The van der Waals surface area contributed by atoms with Crippen molar-refractivity contribution >= 4 is 5.91 Å². The van der Waals surface area contributed by atoms with Gasteiger partial charge in [0, 0.05) is 26.1 Å². The van der Waals surface area contributed by atoms with Crippen molar-refractivity contribution in [2.45, 2.75) is 64.7 Å². The Morgan fingerprint density at radius 1 is 0.952 bits per heavy atom. The Morgan fingerprint density at radius 3 is 2.52 bits per heavy atom. The second-order valence-corrected chi connectivity index (χ2v) is 6.24. The average Bonchev–Trinajstić information content (AvgIpc) is 2.74. The van der Waals surface area contributed by atoms with Crippen LogP contribution in [-0.2, 0) is 4.79 Å². The van der Waals surface area contributed by atoms with E-state index in [2.05, 4.69) is 16.7 Å². The molecule has 0 aliphatic carbocycles. The zero-order chi connectivity index (χ0) is 15.3. The maximum Gasteiger partial charge on any atom is 0.222 e. The normalized spacial score (nSPS) is 17.0. The van der Waals surface area contributed by atoms with Crippen molar-refractivity contribution in [1.82, 2.24) is 9.80 Å². The van der Waals surface area contributed by atoms with Gasteiger partial charge in [0.1, 0.15) is 0 Å². The summed E-state index contributed by atoms with van der Waals surface area (Å²) in [4.78, 5) is 16.8. The fourth-order valence-corrected chi connectivity index (χ4v) is 2.96. The third kappa shape index (κ3) is 8.42. The number of nitrogens with two attached hydrogens (primary N) is 1. The minimum absolute atomic E-state index is 0.371. The van der Waals surface area contributed by atoms with Gasteiger partial charge in [0.25, 0.3) is 0 Å². The molecule has 124 valence electrons. The van der Waals surface area contributed by atoms with Gasteiger partial charge in [0.05, 0.1) is 0 Å². The van der Waals surface area contributed by atoms with Crippen LogP contribution in [0.25, 0.3) is 0 Å². The largest absolute Gasteiger partial charge is 0.341 e. The number of amides is 1. The quantitative estimate of drug-likeness (QED) is 0.631. The van der Waals surface area contributed by atoms with Crippen molar-refractivity contribution in [3.63, 3.8) is 0 Å². The zero-order valence-corrected chi connectivity index (χ0v) is 14.0. The molecule has 0 aromatic heterocycles. The lowest BCUT2D eigenvalue weighted by atomic mass is 10.1. The summed E-state index contributed by atoms with van der Waals surface area (Å²) in [6.07, 6.45) is 10.2. The van der Waals surface area contributed by atoms with Crippen LogP contribution in [0.2, 0.25) is 0 Å². The second-order valence-electron chi connectivity index (χ2n) is 6.24. The molecular weight excluding hydrogens is 262 g/mol. The molecule has 0 unspecified atom stereocenters. The predicted octanol–water partition coefficient (Wildman–Crippen LogP) is 2.62. The molecule has 0 bridgehead atoms. The highest BCUT2D eigenvalue weighted by Gasteiger charge is 2.18. The summed E-state index contributed by atoms with van der Waals surface area (Å²) in [6.45, 7) is 8.23. The maximum absolute atomic E-state index is 12.2. The Bertz CT molecular complexity index is 271. The van der Waals surface area contributed by atoms with Crippen LogP contribution in [0.1, 0.15) is 64.7 Å². The Kier molecular flexibility index (Phi) is 10.5. The highest BCUT2D eigenvalue weighted by atomic mass is 16.2. The fourth-order valence-electron chi connectivity index (χ4n) is 2.96. The van der Waals surface area contributed by atoms with Gasteiger partial charge in [-0.3, -0.25) is 4.79 Å². The van der Waals surface area contributed by atoms with Crippen molar-refractivity contribution in [3.8, 4) is 0 Å². The van der Waals surface area contributed by atoms with Crippen molar-refractivity contribution in [1.29, 1.82) is 0 Å². The SMILES string of the molecule is CCCCCCC(=O)N1CCCN(CCCCCN)CC1. The van der Waals surface area contributed by atoms with Crippen LogP contribution in [0.3, 0.4) is 0 Å². The molecule has 0 aromatic rings. The molecule has 1 aliphatic rings. The van der Waals surface area contributed by atoms with E-state index in [4.69, 9.17) is 5.73 Å². The van der Waals surface area contributed by atoms with Crippen LogP contribution < -0.4 is 5.73 Å². The average molecular weight is 297 g/mol. The van der Waals surface area contributed by atoms with Gasteiger partial charge in [-0.05, 0) is 45.3 Å². The van der Waals surface area contributed by atoms with Crippen LogP contribution in [0, 0.1) is 0 Å². The third-order valence-electron chi connectivity index (χ3n) is 4.36. The molecule has 1 saturated heterocycles. The van der Waals surface area contributed by atoms with Crippen LogP contribution in [0.4, 0.5) is 0 Å². The van der Waals surface area contributed by atoms with Gasteiger partial charge in [-0.25, -0.2) is 0 Å². The van der Waals surface area contributed by atoms with Crippen molar-refractivity contribution < 1.29 is 4.79 Å². The van der Waals surface area contributed by atoms with Gasteiger partial charge < -0.3 is 15.5 Å². The van der Waals surface area contributed by atoms with Crippen molar-refractivity contribution in [3.05, 3.63) is 0 Å². The first-order chi connectivity index (χ1) is 10.3. The van der Waals surface area contributed by atoms with Gasteiger partial charge in [0.2, 0.25) is 5.91 Å². The number of carbonyl (C=O) groups is 1. The summed E-state index contributed by atoms with van der Waals surface area (Å²) >= 11 is 0. The molecule has 0 aromatic carbocycles. The van der Waals surface area contributed by atoms with Crippen molar-refractivity contribution in [2.24, 2.45) is 5.73 Å². The van der Waals surface area contributed by atoms with E-state index in [0.29, 0.717) is 5.91 Å². The molecule has 0 spiro atoms. The van der Waals surface area contributed by atoms with Gasteiger partial charge in [0.15, 0.2) is 0 Å². The molecular formula is C17H35N3O. The van der Waals surface area contributed by atoms with Gasteiger partial charge in [-0.15, -0.1) is 0 Å². The number of hydrogen-bond acceptors (Lipinski definition) is 3. The van der Waals surface area contributed by atoms with E-state index in [9.17, 15) is 4.79 Å². The molecule has 4 nitrogen and oxygen atoms in total. The van der Waals surface area contributed by atoms with Crippen LogP contribution in [0.15, 0.2) is 0 Å². The lowest BCUT2D eigenvalue weighted by Crippen LogP contribution is -2.35. The highest BCUT2D eigenvalue weighted by Crippen LogP contribution is 2.09. The minimum Gasteiger partial charge on any atom is -0.341 e. The molecule has 1 rings (SSSR count). The Balaban J connectivity index is 2.17. The van der Waals surface area contributed by atoms with E-state index >= 15 is 0 Å². The molecule has 1 heterocycles. The summed E-state index contributed by atoms with van der Waals surface area (Å²) in [6, 6.07) is 0. The standard InChI is InChI=1S/C17H35N3O/c1-2-3-4-6-10-17(21)20-14-9-13-19(15-16-20)12-8-5-7-11-18/h2-16,18H2,1H3. The Hall–Kier alpha value is -0.610. The zero-order valence-electron chi connectivity index (χ0n) is 14.0. The first-order valence-electron chi connectivity index (χ1n) is 8.98. The summed E-state index contributed by atoms with van der Waals surface area (Å²) in [5, 5.41) is 0. The lowest BCUT2D eigenvalue weighted by molar-refractivity contribution is -0.131. The molecule has 4 heteroatoms. The summed E-state index contributed by atoms with van der Waals surface area (Å²) < 4.78 is 0. The van der Waals surface area contributed by atoms with Crippen LogP contribution in [0.5, 0.6) is 0 Å². The fraction of sp³-hybridized carbons (Fsp3) is 0.941. The monoisotopic (exact) mass is 297 g/mol. The topological polar surface area (TPSA) is 49.6 Å². The first-order valence-corrected chi connectivity index (χ1v) is 8.98. The maximum atomic E-state index is 12.2. The van der Waals surface area contributed by atoms with Crippen LogP contribution >= 0.6 is 0 Å². The molecule has 1 aliphatic heterocycles. The summed E-state index contributed by atoms with van der Waals surface area (Å²) in [5.74, 6) is 0.371. The van der Waals surface area contributed by atoms with Gasteiger partial charge >= 0.3 is 0 Å². The number of rotatable bonds is 10. The van der Waals surface area contributed by atoms with E-state index < -0.39 is 0 Å². The number of unbranched alkanes of at least 4 members (excludes halogenated alkanes) is 5. The Morgan fingerprint density at radius 2 is 1.76 bits per heavy atom. The molecule has 0 radical (unpaired) electrons. The minimum atomic E-state index is 0.371. The molecule has 1 amide bonds. The predicted molar refractivity (Wildman–Crippen MR) is 89.3 cm³/mol. The number of nitrogens with zero attached hydrogens (tertiary/aromatic N) is 2. The Labute approximate surface area is 131 Å². The van der Waals surface area contributed by atoms with E-state index in [1.807, 2.05) is 0 Å². The molecule has 0 saturated carbocycles. The number of carbonyl (C=O) groups excluding carboxylic acids is 1. The molecule has 1 fully saturated rings. The smallest absolute Gasteiger partial charge is 0.222 e. The van der Waals surface area contributed by atoms with Gasteiger partial charge in [-0.1, -0.05) is 32.6 Å². The van der Waals surface area contributed by atoms with Crippen molar-refractivity contribution in [2.75, 3.05) is 39.3 Å². The van der Waals surface area contributed by atoms with Crippen LogP contribution in [-0.4, -0.2) is 55.0 Å². The third-order valence-corrected chi connectivity index (χ3v) is 4.36. The van der Waals surface area contributed by atoms with E-state index in [-0.39, 0.29) is 0 Å². The summed E-state index contributed by atoms with van der Waals surface area (Å²) in [5.41, 5.74) is 5.53. The first kappa shape index (κ1) is 18.4. The van der Waals surface area contributed by atoms with E-state index in [0.717, 1.165) is 58.4 Å². The van der Waals surface area contributed by atoms with E-state index in [1.165, 1.54) is 38.6 Å². The van der Waals surface area contributed by atoms with E-state index in [1.54, 1.807) is 0 Å². The molecule has 2 N–H and O–H groups in total. The lowest BCUT2D eigenvalue weighted by Gasteiger charge is -2.22. The summed E-state index contributed by atoms with van der Waals surface area (Å²) in [7, 11) is 0. The highest BCUT2D eigenvalue weighted by molar-refractivity contribution is 5.76. The molecule has 0 atom stereocenters. The number of hydrogen-bond donors (Lipinski definition) is 1. The van der Waals surface area contributed by atoms with Gasteiger partial charge in [-0.2, -0.15) is 0 Å². The second kappa shape index (κ2) is 12.0.